The highest BCUT2D eigenvalue weighted by molar-refractivity contribution is 7.88. The van der Waals surface area contributed by atoms with E-state index in [1.807, 2.05) is 0 Å². The number of carbonyl (C=O) groups is 2. The first-order chi connectivity index (χ1) is 5.79. The molecule has 0 radical (unpaired) electrons. The van der Waals surface area contributed by atoms with Crippen molar-refractivity contribution in [3.05, 3.63) is 0 Å². The standard InChI is InChI=1S/C4H9N3O5S/c1-12-4(9)7(6-3(5)8)13(2,10)11/h1-2H3,(H3,5,6,8). The molecule has 3 N–H and O–H groups in total. The van der Waals surface area contributed by atoms with Crippen LogP contribution in [0.4, 0.5) is 9.59 Å². The van der Waals surface area contributed by atoms with Crippen LogP contribution in [0.3, 0.4) is 0 Å². The first kappa shape index (κ1) is 11.5. The van der Waals surface area contributed by atoms with E-state index in [1.165, 1.54) is 0 Å². The summed E-state index contributed by atoms with van der Waals surface area (Å²) >= 11 is 0. The molecular weight excluding hydrogens is 202 g/mol. The predicted molar refractivity (Wildman–Crippen MR) is 41.8 cm³/mol. The van der Waals surface area contributed by atoms with Crippen molar-refractivity contribution in [3.8, 4) is 0 Å². The summed E-state index contributed by atoms with van der Waals surface area (Å²) in [5.41, 5.74) is 6.20. The number of methoxy groups -OCH3 is 1. The number of hydrogen-bond donors (Lipinski definition) is 2. The Bertz CT molecular complexity index is 310. The summed E-state index contributed by atoms with van der Waals surface area (Å²) in [5.74, 6) is 0. The van der Waals surface area contributed by atoms with Gasteiger partial charge in [-0.2, -0.15) is 0 Å². The average molecular weight is 211 g/mol. The van der Waals surface area contributed by atoms with Gasteiger partial charge in [-0.15, -0.1) is 4.41 Å². The largest absolute Gasteiger partial charge is 0.451 e. The summed E-state index contributed by atoms with van der Waals surface area (Å²) < 4.78 is 25.7. The van der Waals surface area contributed by atoms with Crippen LogP contribution in [0.25, 0.3) is 0 Å². The molecule has 3 amide bonds. The van der Waals surface area contributed by atoms with Crippen LogP contribution in [0, 0.1) is 0 Å². The fourth-order valence-corrected chi connectivity index (χ4v) is 1.05. The number of amides is 3. The molecule has 0 aromatic heterocycles. The van der Waals surface area contributed by atoms with Gasteiger partial charge in [-0.25, -0.2) is 23.4 Å². The average Bonchev–Trinajstić information content (AvgIpc) is 1.96. The molecule has 0 saturated carbocycles. The van der Waals surface area contributed by atoms with E-state index in [-0.39, 0.29) is 4.41 Å². The smallest absolute Gasteiger partial charge is 0.443 e. The molecule has 0 aromatic carbocycles. The maximum atomic E-state index is 10.8. The predicted octanol–water partition coefficient (Wildman–Crippen LogP) is -1.40. The molecule has 0 aromatic rings. The Morgan fingerprint density at radius 3 is 2.15 bits per heavy atom. The van der Waals surface area contributed by atoms with Crippen molar-refractivity contribution in [1.29, 1.82) is 0 Å². The molecule has 0 atom stereocenters. The molecule has 0 aliphatic carbocycles. The van der Waals surface area contributed by atoms with Gasteiger partial charge in [0, 0.05) is 0 Å². The van der Waals surface area contributed by atoms with Gasteiger partial charge >= 0.3 is 12.1 Å². The summed E-state index contributed by atoms with van der Waals surface area (Å²) in [7, 11) is -2.96. The number of urea groups is 1. The third kappa shape index (κ3) is 3.60. The normalized spacial score (nSPS) is 10.3. The second-order valence-electron chi connectivity index (χ2n) is 1.97. The van der Waals surface area contributed by atoms with Crippen molar-refractivity contribution >= 4 is 22.1 Å². The highest BCUT2D eigenvalue weighted by Crippen LogP contribution is 1.95. The van der Waals surface area contributed by atoms with Crippen molar-refractivity contribution < 1.29 is 22.7 Å². The van der Waals surface area contributed by atoms with E-state index in [4.69, 9.17) is 0 Å². The molecule has 0 aliphatic rings. The fourth-order valence-electron chi connectivity index (χ4n) is 0.447. The second-order valence-corrected chi connectivity index (χ2v) is 3.80. The Balaban J connectivity index is 4.77. The maximum absolute atomic E-state index is 10.8. The highest BCUT2D eigenvalue weighted by Gasteiger charge is 2.25. The van der Waals surface area contributed by atoms with Gasteiger partial charge in [0.05, 0.1) is 13.4 Å². The summed E-state index contributed by atoms with van der Waals surface area (Å²) in [4.78, 5) is 21.0. The number of carbonyl (C=O) groups excluding carboxylic acids is 2. The maximum Gasteiger partial charge on any atom is 0.443 e. The van der Waals surface area contributed by atoms with Gasteiger partial charge in [-0.3, -0.25) is 0 Å². The van der Waals surface area contributed by atoms with Gasteiger partial charge < -0.3 is 10.5 Å². The number of hydrogen-bond acceptors (Lipinski definition) is 5. The molecule has 0 unspecified atom stereocenters. The molecule has 0 rings (SSSR count). The Morgan fingerprint density at radius 1 is 1.46 bits per heavy atom. The van der Waals surface area contributed by atoms with Crippen molar-refractivity contribution in [2.45, 2.75) is 0 Å². The van der Waals surface area contributed by atoms with Gasteiger partial charge in [0.2, 0.25) is 0 Å². The van der Waals surface area contributed by atoms with Crippen molar-refractivity contribution in [3.63, 3.8) is 0 Å². The Kier molecular flexibility index (Phi) is 3.48. The SMILES string of the molecule is COC(=O)N(NC(N)=O)S(C)(=O)=O. The highest BCUT2D eigenvalue weighted by atomic mass is 32.2. The minimum absolute atomic E-state index is 0.00463. The van der Waals surface area contributed by atoms with Crippen LogP contribution < -0.4 is 11.2 Å². The third-order valence-corrected chi connectivity index (χ3v) is 1.79. The van der Waals surface area contributed by atoms with Crippen LogP contribution in [0.1, 0.15) is 0 Å². The number of nitrogens with two attached hydrogens (primary N) is 1. The number of rotatable bonds is 1. The van der Waals surface area contributed by atoms with E-state index in [1.54, 1.807) is 5.43 Å². The van der Waals surface area contributed by atoms with Crippen LogP contribution in [0.5, 0.6) is 0 Å². The van der Waals surface area contributed by atoms with Crippen molar-refractivity contribution in [2.75, 3.05) is 13.4 Å². The topological polar surface area (TPSA) is 119 Å². The molecular formula is C4H9N3O5S. The molecule has 0 spiro atoms. The summed E-state index contributed by atoms with van der Waals surface area (Å²) in [5, 5.41) is 0. The number of ether oxygens (including phenoxy) is 1. The van der Waals surface area contributed by atoms with Crippen LogP contribution in [0.15, 0.2) is 0 Å². The van der Waals surface area contributed by atoms with E-state index < -0.39 is 22.1 Å². The summed E-state index contributed by atoms with van der Waals surface area (Å²) in [6, 6.07) is -1.18. The summed E-state index contributed by atoms with van der Waals surface area (Å²) in [6.07, 6.45) is -0.541. The van der Waals surface area contributed by atoms with E-state index in [0.717, 1.165) is 7.11 Å². The molecule has 8 nitrogen and oxygen atoms in total. The zero-order valence-electron chi connectivity index (χ0n) is 6.97. The van der Waals surface area contributed by atoms with E-state index in [2.05, 4.69) is 10.5 Å². The van der Waals surface area contributed by atoms with Crippen LogP contribution >= 0.6 is 0 Å². The molecule has 13 heavy (non-hydrogen) atoms. The number of nitrogens with zero attached hydrogens (tertiary/aromatic N) is 1. The van der Waals surface area contributed by atoms with Crippen molar-refractivity contribution in [2.24, 2.45) is 5.73 Å². The van der Waals surface area contributed by atoms with Gasteiger partial charge in [0.25, 0.3) is 10.0 Å². The third-order valence-electron chi connectivity index (χ3n) is 0.884. The first-order valence-electron chi connectivity index (χ1n) is 2.93. The van der Waals surface area contributed by atoms with Gasteiger partial charge in [-0.1, -0.05) is 0 Å². The number of hydrazine groups is 1. The Labute approximate surface area is 74.7 Å². The Hall–Kier alpha value is -1.51. The Morgan fingerprint density at radius 2 is 1.92 bits per heavy atom. The monoisotopic (exact) mass is 211 g/mol. The lowest BCUT2D eigenvalue weighted by Crippen LogP contribution is -2.51. The van der Waals surface area contributed by atoms with Crippen LogP contribution in [0.2, 0.25) is 0 Å². The summed E-state index contributed by atoms with van der Waals surface area (Å²) in [6.45, 7) is 0. The first-order valence-corrected chi connectivity index (χ1v) is 4.78. The number of nitrogens with one attached hydrogen (secondary N) is 1. The van der Waals surface area contributed by atoms with Gasteiger partial charge in [-0.05, 0) is 0 Å². The molecule has 0 saturated heterocycles. The van der Waals surface area contributed by atoms with Gasteiger partial charge in [0.15, 0.2) is 0 Å². The lowest BCUT2D eigenvalue weighted by atomic mass is 11.1. The van der Waals surface area contributed by atoms with Crippen LogP contribution in [-0.2, 0) is 14.8 Å². The lowest BCUT2D eigenvalue weighted by Gasteiger charge is -2.17. The van der Waals surface area contributed by atoms with Crippen molar-refractivity contribution in [1.82, 2.24) is 9.84 Å². The zero-order chi connectivity index (χ0) is 10.6. The molecule has 0 aliphatic heterocycles. The minimum Gasteiger partial charge on any atom is -0.451 e. The molecule has 76 valence electrons. The lowest BCUT2D eigenvalue weighted by molar-refractivity contribution is 0.138. The molecule has 9 heteroatoms. The zero-order valence-corrected chi connectivity index (χ0v) is 7.79. The van der Waals surface area contributed by atoms with E-state index in [0.29, 0.717) is 6.26 Å². The molecule has 0 bridgehead atoms. The molecule has 0 fully saturated rings. The van der Waals surface area contributed by atoms with Crippen LogP contribution in [-0.4, -0.2) is 38.3 Å². The number of primary amides is 1. The molecule has 0 heterocycles. The fraction of sp³-hybridized carbons (Fsp3) is 0.500. The van der Waals surface area contributed by atoms with E-state index >= 15 is 0 Å². The second kappa shape index (κ2) is 3.94. The number of sulfonamides is 1. The minimum atomic E-state index is -3.92. The quantitative estimate of drug-likeness (QED) is 0.517. The van der Waals surface area contributed by atoms with Gasteiger partial charge in [0.1, 0.15) is 0 Å². The van der Waals surface area contributed by atoms with E-state index in [9.17, 15) is 18.0 Å².